The molecule has 0 atom stereocenters. The maximum Gasteiger partial charge on any atom is 0.264 e. The Morgan fingerprint density at radius 1 is 1.33 bits per heavy atom. The van der Waals surface area contributed by atoms with Crippen LogP contribution in [0.15, 0.2) is 35.5 Å². The van der Waals surface area contributed by atoms with E-state index in [-0.39, 0.29) is 18.0 Å². The molecule has 24 heavy (non-hydrogen) atoms. The molecule has 0 aliphatic carbocycles. The van der Waals surface area contributed by atoms with Crippen molar-refractivity contribution in [3.8, 4) is 0 Å². The van der Waals surface area contributed by atoms with Crippen LogP contribution in [0, 0.1) is 6.92 Å². The first-order valence-corrected chi connectivity index (χ1v) is 7.76. The Bertz CT molecular complexity index is 971. The summed E-state index contributed by atoms with van der Waals surface area (Å²) >= 11 is 0. The van der Waals surface area contributed by atoms with Crippen LogP contribution in [0.2, 0.25) is 0 Å². The van der Waals surface area contributed by atoms with Gasteiger partial charge in [-0.3, -0.25) is 18.8 Å². The molecular formula is C17H19N5O2. The van der Waals surface area contributed by atoms with E-state index in [1.807, 2.05) is 32.0 Å². The van der Waals surface area contributed by atoms with Gasteiger partial charge in [-0.05, 0) is 24.5 Å². The highest BCUT2D eigenvalue weighted by atomic mass is 16.2. The highest BCUT2D eigenvalue weighted by molar-refractivity contribution is 5.92. The van der Waals surface area contributed by atoms with E-state index in [9.17, 15) is 9.59 Å². The van der Waals surface area contributed by atoms with Gasteiger partial charge in [0.05, 0.1) is 6.20 Å². The predicted molar refractivity (Wildman–Crippen MR) is 92.0 cm³/mol. The monoisotopic (exact) mass is 325 g/mol. The Kier molecular flexibility index (Phi) is 4.16. The Labute approximate surface area is 138 Å². The highest BCUT2D eigenvalue weighted by Crippen LogP contribution is 2.21. The SMILES string of the molecule is CCc1cccc(C)c1NC(=O)Cn1cnc2c(cnn2C)c1=O. The number of nitrogens with one attached hydrogen (secondary N) is 1. The van der Waals surface area contributed by atoms with Gasteiger partial charge in [0.1, 0.15) is 18.3 Å². The molecule has 0 aliphatic heterocycles. The van der Waals surface area contributed by atoms with Crippen LogP contribution in [-0.2, 0) is 24.8 Å². The standard InChI is InChI=1S/C17H19N5O2/c1-4-12-7-5-6-11(2)15(12)20-14(23)9-22-10-18-16-13(17(22)24)8-19-21(16)3/h5-8,10H,4,9H2,1-3H3,(H,20,23). The van der Waals surface area contributed by atoms with Gasteiger partial charge in [-0.1, -0.05) is 25.1 Å². The van der Waals surface area contributed by atoms with Crippen molar-refractivity contribution in [3.63, 3.8) is 0 Å². The minimum atomic E-state index is -0.274. The average molecular weight is 325 g/mol. The van der Waals surface area contributed by atoms with Crippen molar-refractivity contribution in [3.05, 3.63) is 52.2 Å². The molecule has 1 N–H and O–H groups in total. The minimum absolute atomic E-state index is 0.0891. The molecule has 0 saturated heterocycles. The number of hydrogen-bond acceptors (Lipinski definition) is 4. The van der Waals surface area contributed by atoms with E-state index in [1.165, 1.54) is 21.8 Å². The molecule has 3 aromatic rings. The molecule has 7 nitrogen and oxygen atoms in total. The summed E-state index contributed by atoms with van der Waals surface area (Å²) in [5.74, 6) is -0.258. The summed E-state index contributed by atoms with van der Waals surface area (Å²) in [6.07, 6.45) is 3.67. The third-order valence-corrected chi connectivity index (χ3v) is 4.04. The quantitative estimate of drug-likeness (QED) is 0.790. The second-order valence-electron chi connectivity index (χ2n) is 5.69. The first kappa shape index (κ1) is 15.9. The van der Waals surface area contributed by atoms with Gasteiger partial charge >= 0.3 is 0 Å². The smallest absolute Gasteiger partial charge is 0.264 e. The molecule has 2 heterocycles. The lowest BCUT2D eigenvalue weighted by atomic mass is 10.1. The molecule has 0 fully saturated rings. The van der Waals surface area contributed by atoms with Crippen LogP contribution in [0.25, 0.3) is 11.0 Å². The number of carbonyl (C=O) groups is 1. The number of amides is 1. The second kappa shape index (κ2) is 6.27. The maximum atomic E-state index is 12.4. The predicted octanol–water partition coefficient (Wildman–Crippen LogP) is 1.64. The Morgan fingerprint density at radius 3 is 2.88 bits per heavy atom. The van der Waals surface area contributed by atoms with Crippen LogP contribution >= 0.6 is 0 Å². The minimum Gasteiger partial charge on any atom is -0.324 e. The molecule has 0 aliphatic rings. The van der Waals surface area contributed by atoms with Crippen molar-refractivity contribution in [2.75, 3.05) is 5.32 Å². The fourth-order valence-electron chi connectivity index (χ4n) is 2.71. The van der Waals surface area contributed by atoms with Crippen LogP contribution in [-0.4, -0.2) is 25.2 Å². The summed E-state index contributed by atoms with van der Waals surface area (Å²) in [5, 5.41) is 7.33. The van der Waals surface area contributed by atoms with Crippen molar-refractivity contribution in [2.24, 2.45) is 7.05 Å². The fraction of sp³-hybridized carbons (Fsp3) is 0.294. The summed E-state index contributed by atoms with van der Waals surface area (Å²) in [7, 11) is 1.72. The number of para-hydroxylation sites is 1. The molecule has 1 aromatic carbocycles. The molecule has 3 rings (SSSR count). The first-order valence-electron chi connectivity index (χ1n) is 7.76. The zero-order chi connectivity index (χ0) is 17.3. The molecule has 7 heteroatoms. The highest BCUT2D eigenvalue weighted by Gasteiger charge is 2.13. The van der Waals surface area contributed by atoms with Crippen LogP contribution in [0.3, 0.4) is 0 Å². The van der Waals surface area contributed by atoms with E-state index in [0.717, 1.165) is 23.2 Å². The lowest BCUT2D eigenvalue weighted by Gasteiger charge is -2.13. The van der Waals surface area contributed by atoms with Crippen molar-refractivity contribution in [1.82, 2.24) is 19.3 Å². The zero-order valence-electron chi connectivity index (χ0n) is 13.9. The Balaban J connectivity index is 1.86. The number of rotatable bonds is 4. The Morgan fingerprint density at radius 2 is 2.12 bits per heavy atom. The maximum absolute atomic E-state index is 12.4. The topological polar surface area (TPSA) is 81.8 Å². The van der Waals surface area contributed by atoms with Gasteiger partial charge in [0, 0.05) is 12.7 Å². The number of fused-ring (bicyclic) bond motifs is 1. The summed E-state index contributed by atoms with van der Waals surface area (Å²) in [5.41, 5.74) is 3.11. The first-order chi connectivity index (χ1) is 11.5. The van der Waals surface area contributed by atoms with E-state index in [4.69, 9.17) is 0 Å². The van der Waals surface area contributed by atoms with Crippen molar-refractivity contribution < 1.29 is 4.79 Å². The number of anilines is 1. The summed E-state index contributed by atoms with van der Waals surface area (Å²) in [6, 6.07) is 5.90. The number of benzene rings is 1. The Hall–Kier alpha value is -2.96. The van der Waals surface area contributed by atoms with Crippen LogP contribution in [0.4, 0.5) is 5.69 Å². The fourth-order valence-corrected chi connectivity index (χ4v) is 2.71. The second-order valence-corrected chi connectivity index (χ2v) is 5.69. The molecule has 2 aromatic heterocycles. The number of hydrogen-bond donors (Lipinski definition) is 1. The van der Waals surface area contributed by atoms with Crippen molar-refractivity contribution in [2.45, 2.75) is 26.8 Å². The number of aromatic nitrogens is 4. The zero-order valence-corrected chi connectivity index (χ0v) is 13.9. The molecule has 0 saturated carbocycles. The summed E-state index contributed by atoms with van der Waals surface area (Å²) in [4.78, 5) is 29.0. The van der Waals surface area contributed by atoms with E-state index in [0.29, 0.717) is 11.0 Å². The van der Waals surface area contributed by atoms with Gasteiger partial charge in [0.15, 0.2) is 5.65 Å². The molecule has 0 radical (unpaired) electrons. The third kappa shape index (κ3) is 2.80. The van der Waals surface area contributed by atoms with Crippen molar-refractivity contribution in [1.29, 1.82) is 0 Å². The lowest BCUT2D eigenvalue weighted by molar-refractivity contribution is -0.116. The van der Waals surface area contributed by atoms with Crippen LogP contribution in [0.5, 0.6) is 0 Å². The summed E-state index contributed by atoms with van der Waals surface area (Å²) < 4.78 is 2.82. The largest absolute Gasteiger partial charge is 0.324 e. The molecule has 124 valence electrons. The van der Waals surface area contributed by atoms with E-state index in [1.54, 1.807) is 7.05 Å². The van der Waals surface area contributed by atoms with Gasteiger partial charge in [-0.15, -0.1) is 0 Å². The lowest BCUT2D eigenvalue weighted by Crippen LogP contribution is -2.28. The van der Waals surface area contributed by atoms with Gasteiger partial charge in [-0.2, -0.15) is 5.10 Å². The van der Waals surface area contributed by atoms with Crippen molar-refractivity contribution >= 4 is 22.6 Å². The number of carbonyl (C=O) groups excluding carboxylic acids is 1. The number of aryl methyl sites for hydroxylation is 3. The van der Waals surface area contributed by atoms with Crippen LogP contribution < -0.4 is 10.9 Å². The van der Waals surface area contributed by atoms with Crippen LogP contribution in [0.1, 0.15) is 18.1 Å². The van der Waals surface area contributed by atoms with Gasteiger partial charge in [-0.25, -0.2) is 4.98 Å². The van der Waals surface area contributed by atoms with Gasteiger partial charge in [0.25, 0.3) is 5.56 Å². The van der Waals surface area contributed by atoms with E-state index >= 15 is 0 Å². The third-order valence-electron chi connectivity index (χ3n) is 4.04. The van der Waals surface area contributed by atoms with Gasteiger partial charge in [0.2, 0.25) is 5.91 Å². The summed E-state index contributed by atoms with van der Waals surface area (Å²) in [6.45, 7) is 3.90. The molecule has 0 spiro atoms. The molecule has 1 amide bonds. The molecule has 0 bridgehead atoms. The molecule has 0 unspecified atom stereocenters. The normalized spacial score (nSPS) is 11.0. The molecular weight excluding hydrogens is 306 g/mol. The van der Waals surface area contributed by atoms with Gasteiger partial charge < -0.3 is 5.32 Å². The van der Waals surface area contributed by atoms with E-state index in [2.05, 4.69) is 15.4 Å². The number of nitrogens with zero attached hydrogens (tertiary/aromatic N) is 4. The average Bonchev–Trinajstić information content (AvgIpc) is 2.94. The van der Waals surface area contributed by atoms with E-state index < -0.39 is 0 Å².